The smallest absolute Gasteiger partial charge is 0.271 e. The summed E-state index contributed by atoms with van der Waals surface area (Å²) >= 11 is 3.38. The highest BCUT2D eigenvalue weighted by atomic mass is 79.9. The summed E-state index contributed by atoms with van der Waals surface area (Å²) in [5, 5.41) is 4.30. The summed E-state index contributed by atoms with van der Waals surface area (Å²) in [7, 11) is 1.60. The van der Waals surface area contributed by atoms with E-state index in [9.17, 15) is 4.79 Å². The lowest BCUT2D eigenvalue weighted by molar-refractivity contribution is 0.0954. The molecule has 0 aliphatic heterocycles. The molecule has 0 saturated heterocycles. The van der Waals surface area contributed by atoms with Crippen LogP contribution in [0, 0.1) is 0 Å². The minimum atomic E-state index is -0.187. The van der Waals surface area contributed by atoms with Crippen molar-refractivity contribution in [2.24, 2.45) is 5.10 Å². The number of nitrogens with one attached hydrogen (secondary N) is 1. The van der Waals surface area contributed by atoms with Crippen LogP contribution in [0.5, 0.6) is 5.75 Å². The van der Waals surface area contributed by atoms with Crippen LogP contribution in [0.15, 0.2) is 27.8 Å². The molecule has 0 atom stereocenters. The Morgan fingerprint density at radius 2 is 1.86 bits per heavy atom. The highest BCUT2D eigenvalue weighted by molar-refractivity contribution is 9.10. The number of hydrazone groups is 1. The Balaban J connectivity index is 1.98. The van der Waals surface area contributed by atoms with Crippen molar-refractivity contribution in [1.82, 2.24) is 5.43 Å². The van der Waals surface area contributed by atoms with Gasteiger partial charge in [-0.15, -0.1) is 0 Å². The number of nitrogens with zero attached hydrogens (tertiary/aromatic N) is 1. The molecule has 0 unspecified atom stereocenters. The van der Waals surface area contributed by atoms with Gasteiger partial charge in [-0.1, -0.05) is 19.3 Å². The van der Waals surface area contributed by atoms with Gasteiger partial charge in [0.2, 0.25) is 0 Å². The molecule has 1 fully saturated rings. The van der Waals surface area contributed by atoms with E-state index in [-0.39, 0.29) is 5.91 Å². The predicted molar refractivity (Wildman–Crippen MR) is 87.9 cm³/mol. The Morgan fingerprint density at radius 1 is 1.19 bits per heavy atom. The maximum atomic E-state index is 12.1. The number of ether oxygens (including phenoxy) is 1. The molecule has 1 aromatic rings. The number of hydrogen-bond acceptors (Lipinski definition) is 3. The van der Waals surface area contributed by atoms with E-state index in [0.717, 1.165) is 23.0 Å². The summed E-state index contributed by atoms with van der Waals surface area (Å²) < 4.78 is 5.91. The first-order chi connectivity index (χ1) is 10.2. The second-order valence-electron chi connectivity index (χ2n) is 5.24. The fourth-order valence-electron chi connectivity index (χ4n) is 2.43. The number of halogens is 1. The lowest BCUT2D eigenvalue weighted by Gasteiger charge is -2.11. The normalized spacial score (nSPS) is 15.8. The summed E-state index contributed by atoms with van der Waals surface area (Å²) in [6, 6.07) is 5.24. The second kappa shape index (κ2) is 8.17. The van der Waals surface area contributed by atoms with Crippen LogP contribution in [-0.2, 0) is 0 Å². The molecule has 1 saturated carbocycles. The van der Waals surface area contributed by atoms with Gasteiger partial charge in [-0.2, -0.15) is 5.10 Å². The van der Waals surface area contributed by atoms with Crippen molar-refractivity contribution in [3.8, 4) is 5.75 Å². The van der Waals surface area contributed by atoms with E-state index in [2.05, 4.69) is 26.5 Å². The first-order valence-corrected chi connectivity index (χ1v) is 8.19. The molecular formula is C16H21BrN2O2. The van der Waals surface area contributed by atoms with Crippen molar-refractivity contribution in [3.63, 3.8) is 0 Å². The molecule has 1 amide bonds. The number of methoxy groups -OCH3 is 1. The molecule has 2 rings (SSSR count). The van der Waals surface area contributed by atoms with Crippen molar-refractivity contribution in [2.45, 2.75) is 44.9 Å². The molecule has 4 nitrogen and oxygen atoms in total. The van der Waals surface area contributed by atoms with E-state index >= 15 is 0 Å². The topological polar surface area (TPSA) is 50.7 Å². The standard InChI is InChI=1S/C16H21BrN2O2/c1-21-15-10-9-12(11-14(15)17)16(20)19-18-13-7-5-3-2-4-6-8-13/h9-11H,2-8H2,1H3,(H,19,20). The molecule has 5 heteroatoms. The van der Waals surface area contributed by atoms with E-state index in [1.807, 2.05) is 0 Å². The fourth-order valence-corrected chi connectivity index (χ4v) is 2.97. The van der Waals surface area contributed by atoms with Crippen LogP contribution >= 0.6 is 15.9 Å². The quantitative estimate of drug-likeness (QED) is 0.825. The zero-order valence-electron chi connectivity index (χ0n) is 12.3. The van der Waals surface area contributed by atoms with Crippen LogP contribution in [0.3, 0.4) is 0 Å². The van der Waals surface area contributed by atoms with Gasteiger partial charge in [0.15, 0.2) is 0 Å². The maximum Gasteiger partial charge on any atom is 0.271 e. The van der Waals surface area contributed by atoms with Gasteiger partial charge in [0.05, 0.1) is 11.6 Å². The van der Waals surface area contributed by atoms with E-state index in [0.29, 0.717) is 11.3 Å². The number of hydrogen-bond donors (Lipinski definition) is 1. The molecule has 0 spiro atoms. The molecule has 1 aromatic carbocycles. The monoisotopic (exact) mass is 352 g/mol. The van der Waals surface area contributed by atoms with Gasteiger partial charge in [-0.25, -0.2) is 5.43 Å². The molecule has 114 valence electrons. The number of carbonyl (C=O) groups is 1. The van der Waals surface area contributed by atoms with Crippen LogP contribution in [-0.4, -0.2) is 18.7 Å². The van der Waals surface area contributed by atoms with Crippen LogP contribution in [0.1, 0.15) is 55.3 Å². The second-order valence-corrected chi connectivity index (χ2v) is 6.09. The summed E-state index contributed by atoms with van der Waals surface area (Å²) in [5.41, 5.74) is 4.34. The number of rotatable bonds is 3. The van der Waals surface area contributed by atoms with Gasteiger partial charge in [-0.05, 0) is 59.8 Å². The van der Waals surface area contributed by atoms with Gasteiger partial charge in [0.25, 0.3) is 5.91 Å². The molecule has 21 heavy (non-hydrogen) atoms. The van der Waals surface area contributed by atoms with E-state index < -0.39 is 0 Å². The van der Waals surface area contributed by atoms with Gasteiger partial charge in [0, 0.05) is 11.3 Å². The first kappa shape index (κ1) is 16.0. The Hall–Kier alpha value is -1.36. The predicted octanol–water partition coefficient (Wildman–Crippen LogP) is 4.29. The zero-order chi connectivity index (χ0) is 15.1. The molecule has 1 aliphatic carbocycles. The minimum Gasteiger partial charge on any atom is -0.496 e. The molecule has 1 N–H and O–H groups in total. The third-order valence-corrected chi connectivity index (χ3v) is 4.28. The van der Waals surface area contributed by atoms with Crippen LogP contribution in [0.25, 0.3) is 0 Å². The molecule has 1 aliphatic rings. The summed E-state index contributed by atoms with van der Waals surface area (Å²) in [4.78, 5) is 12.1. The average molecular weight is 353 g/mol. The summed E-state index contributed by atoms with van der Waals surface area (Å²) in [5.74, 6) is 0.519. The molecule has 0 heterocycles. The summed E-state index contributed by atoms with van der Waals surface area (Å²) in [6.07, 6.45) is 8.17. The van der Waals surface area contributed by atoms with Crippen LogP contribution in [0.4, 0.5) is 0 Å². The minimum absolute atomic E-state index is 0.187. The summed E-state index contributed by atoms with van der Waals surface area (Å²) in [6.45, 7) is 0. The maximum absolute atomic E-state index is 12.1. The Morgan fingerprint density at radius 3 is 2.48 bits per heavy atom. The fraction of sp³-hybridized carbons (Fsp3) is 0.500. The van der Waals surface area contributed by atoms with Gasteiger partial charge in [0.1, 0.15) is 5.75 Å². The van der Waals surface area contributed by atoms with Crippen LogP contribution < -0.4 is 10.2 Å². The Bertz CT molecular complexity index is 519. The van der Waals surface area contributed by atoms with Crippen molar-refractivity contribution in [2.75, 3.05) is 7.11 Å². The largest absolute Gasteiger partial charge is 0.496 e. The van der Waals surface area contributed by atoms with Crippen LogP contribution in [0.2, 0.25) is 0 Å². The molecule has 0 aromatic heterocycles. The number of amides is 1. The van der Waals surface area contributed by atoms with Crippen molar-refractivity contribution >= 4 is 27.5 Å². The van der Waals surface area contributed by atoms with E-state index in [4.69, 9.17) is 4.74 Å². The molecule has 0 radical (unpaired) electrons. The third-order valence-electron chi connectivity index (χ3n) is 3.66. The SMILES string of the molecule is COc1ccc(C(=O)NN=C2CCCCCCC2)cc1Br. The number of carbonyl (C=O) groups excluding carboxylic acids is 1. The number of benzene rings is 1. The average Bonchev–Trinajstić information content (AvgIpc) is 2.45. The van der Waals surface area contributed by atoms with Gasteiger partial charge in [-0.3, -0.25) is 4.79 Å². The Labute approximate surface area is 134 Å². The zero-order valence-corrected chi connectivity index (χ0v) is 13.9. The Kier molecular flexibility index (Phi) is 6.23. The van der Waals surface area contributed by atoms with Gasteiger partial charge < -0.3 is 4.74 Å². The van der Waals surface area contributed by atoms with Crippen molar-refractivity contribution in [1.29, 1.82) is 0 Å². The highest BCUT2D eigenvalue weighted by Gasteiger charge is 2.09. The molecular weight excluding hydrogens is 332 g/mol. The lowest BCUT2D eigenvalue weighted by atomic mass is 9.99. The third kappa shape index (κ3) is 4.84. The lowest BCUT2D eigenvalue weighted by Crippen LogP contribution is -2.20. The van der Waals surface area contributed by atoms with E-state index in [1.54, 1.807) is 25.3 Å². The molecule has 0 bridgehead atoms. The van der Waals surface area contributed by atoms with Crippen molar-refractivity contribution < 1.29 is 9.53 Å². The van der Waals surface area contributed by atoms with Crippen molar-refractivity contribution in [3.05, 3.63) is 28.2 Å². The van der Waals surface area contributed by atoms with E-state index in [1.165, 1.54) is 32.1 Å². The van der Waals surface area contributed by atoms with Gasteiger partial charge >= 0.3 is 0 Å². The highest BCUT2D eigenvalue weighted by Crippen LogP contribution is 2.25. The first-order valence-electron chi connectivity index (χ1n) is 7.40.